The minimum Gasteiger partial charge on any atom is -0.383 e. The molecule has 0 unspecified atom stereocenters. The molecule has 0 fully saturated rings. The first kappa shape index (κ1) is 19.9. The second-order valence-electron chi connectivity index (χ2n) is 8.17. The topological polar surface area (TPSA) is 105 Å². The fourth-order valence-electron chi connectivity index (χ4n) is 4.25. The first-order valence-corrected chi connectivity index (χ1v) is 10.7. The van der Waals surface area contributed by atoms with E-state index < -0.39 is 0 Å². The molecule has 3 aromatic heterocycles. The predicted octanol–water partition coefficient (Wildman–Crippen LogP) is 5.16. The van der Waals surface area contributed by atoms with Gasteiger partial charge in [-0.15, -0.1) is 0 Å². The maximum atomic E-state index is 14.2. The molecule has 34 heavy (non-hydrogen) atoms. The van der Waals surface area contributed by atoms with Crippen LogP contribution in [0.25, 0.3) is 38.8 Å². The van der Waals surface area contributed by atoms with Gasteiger partial charge in [-0.05, 0) is 48.9 Å². The average molecular weight is 450 g/mol. The van der Waals surface area contributed by atoms with E-state index in [0.717, 1.165) is 39.0 Å². The molecule has 0 atom stereocenters. The van der Waals surface area contributed by atoms with Gasteiger partial charge in [0.1, 0.15) is 17.5 Å². The number of aryl methyl sites for hydroxylation is 1. The lowest BCUT2D eigenvalue weighted by atomic mass is 10.0. The lowest BCUT2D eigenvalue weighted by molar-refractivity contribution is 0.103. The standard InChI is InChI=1S/C26H19FN6O/c1-14-30-21-9-8-17(12-23(21)31-14)33-26(28)19(13-29-33)25(34)24-11-16-7-6-15(10-22(16)32-24)18-4-2-3-5-20(18)27/h2-13,32H,28H2,1H3,(H,30,31). The van der Waals surface area contributed by atoms with Crippen LogP contribution in [0.4, 0.5) is 10.2 Å². The van der Waals surface area contributed by atoms with E-state index in [9.17, 15) is 9.18 Å². The van der Waals surface area contributed by atoms with E-state index in [4.69, 9.17) is 5.73 Å². The summed E-state index contributed by atoms with van der Waals surface area (Å²) >= 11 is 0. The van der Waals surface area contributed by atoms with Crippen LogP contribution in [0.5, 0.6) is 0 Å². The molecule has 0 aliphatic carbocycles. The highest BCUT2D eigenvalue weighted by atomic mass is 19.1. The fraction of sp³-hybridized carbons (Fsp3) is 0.0385. The zero-order valence-electron chi connectivity index (χ0n) is 18.1. The normalized spacial score (nSPS) is 11.5. The van der Waals surface area contributed by atoms with Gasteiger partial charge in [0.25, 0.3) is 0 Å². The van der Waals surface area contributed by atoms with Gasteiger partial charge in [-0.1, -0.05) is 30.3 Å². The Morgan fingerprint density at radius 2 is 1.85 bits per heavy atom. The number of nitrogens with two attached hydrogens (primary N) is 1. The number of carbonyl (C=O) groups is 1. The van der Waals surface area contributed by atoms with Gasteiger partial charge in [-0.25, -0.2) is 14.1 Å². The summed E-state index contributed by atoms with van der Waals surface area (Å²) in [4.78, 5) is 24.0. The number of imidazole rings is 1. The van der Waals surface area contributed by atoms with Crippen LogP contribution in [0.2, 0.25) is 0 Å². The second-order valence-corrected chi connectivity index (χ2v) is 8.17. The molecule has 7 nitrogen and oxygen atoms in total. The number of nitrogens with one attached hydrogen (secondary N) is 2. The second kappa shape index (κ2) is 7.41. The Morgan fingerprint density at radius 1 is 1.00 bits per heavy atom. The number of aromatic nitrogens is 5. The number of hydrogen-bond donors (Lipinski definition) is 3. The van der Waals surface area contributed by atoms with E-state index in [1.165, 1.54) is 16.9 Å². The maximum Gasteiger partial charge on any atom is 0.214 e. The van der Waals surface area contributed by atoms with Crippen molar-refractivity contribution in [1.82, 2.24) is 24.7 Å². The Kier molecular flexibility index (Phi) is 4.35. The Morgan fingerprint density at radius 3 is 2.71 bits per heavy atom. The Labute approximate surface area is 193 Å². The van der Waals surface area contributed by atoms with Crippen molar-refractivity contribution in [1.29, 1.82) is 0 Å². The Bertz CT molecular complexity index is 1720. The highest BCUT2D eigenvalue weighted by Gasteiger charge is 2.20. The molecule has 166 valence electrons. The molecule has 0 saturated carbocycles. The molecule has 4 N–H and O–H groups in total. The number of H-pyrrole nitrogens is 2. The number of aromatic amines is 2. The van der Waals surface area contributed by atoms with Crippen molar-refractivity contribution in [3.63, 3.8) is 0 Å². The Hall–Kier alpha value is -4.72. The van der Waals surface area contributed by atoms with Gasteiger partial charge in [0.15, 0.2) is 0 Å². The largest absolute Gasteiger partial charge is 0.383 e. The molecular formula is C26H19FN6O. The predicted molar refractivity (Wildman–Crippen MR) is 129 cm³/mol. The van der Waals surface area contributed by atoms with Gasteiger partial charge in [-0.2, -0.15) is 5.10 Å². The number of benzene rings is 3. The van der Waals surface area contributed by atoms with Crippen molar-refractivity contribution < 1.29 is 9.18 Å². The number of anilines is 1. The number of nitrogen functional groups attached to an aromatic ring is 1. The summed E-state index contributed by atoms with van der Waals surface area (Å²) in [5.74, 6) is 0.485. The smallest absolute Gasteiger partial charge is 0.214 e. The molecule has 6 rings (SSSR count). The summed E-state index contributed by atoms with van der Waals surface area (Å²) in [5, 5.41) is 5.19. The van der Waals surface area contributed by atoms with E-state index >= 15 is 0 Å². The Balaban J connectivity index is 1.36. The molecule has 3 heterocycles. The maximum absolute atomic E-state index is 14.2. The number of rotatable bonds is 4. The minimum atomic E-state index is -0.298. The van der Waals surface area contributed by atoms with Crippen LogP contribution in [0.3, 0.4) is 0 Å². The van der Waals surface area contributed by atoms with Crippen molar-refractivity contribution >= 4 is 33.5 Å². The number of halogens is 1. The number of nitrogens with zero attached hydrogens (tertiary/aromatic N) is 3. The van der Waals surface area contributed by atoms with Crippen molar-refractivity contribution in [2.75, 3.05) is 5.73 Å². The summed E-state index contributed by atoms with van der Waals surface area (Å²) in [6, 6.07) is 19.5. The van der Waals surface area contributed by atoms with Gasteiger partial charge in [-0.3, -0.25) is 4.79 Å². The third-order valence-corrected chi connectivity index (χ3v) is 5.93. The SMILES string of the molecule is Cc1nc2ccc(-n3ncc(C(=O)c4cc5ccc(-c6ccccc6F)cc5[nH]4)c3N)cc2[nH]1. The fourth-order valence-corrected chi connectivity index (χ4v) is 4.25. The van der Waals surface area contributed by atoms with Crippen LogP contribution in [0.1, 0.15) is 21.9 Å². The highest BCUT2D eigenvalue weighted by Crippen LogP contribution is 2.28. The number of ketones is 1. The lowest BCUT2D eigenvalue weighted by Gasteiger charge is -2.05. The molecule has 0 aliphatic heterocycles. The molecule has 0 aliphatic rings. The van der Waals surface area contributed by atoms with Crippen LogP contribution in [-0.2, 0) is 0 Å². The van der Waals surface area contributed by atoms with Gasteiger partial charge in [0.05, 0.1) is 34.2 Å². The van der Waals surface area contributed by atoms with Crippen LogP contribution in [0.15, 0.2) is 72.9 Å². The zero-order valence-corrected chi connectivity index (χ0v) is 18.1. The van der Waals surface area contributed by atoms with Gasteiger partial charge < -0.3 is 15.7 Å². The summed E-state index contributed by atoms with van der Waals surface area (Å²) in [5.41, 5.74) is 11.4. The summed E-state index contributed by atoms with van der Waals surface area (Å²) in [7, 11) is 0. The molecule has 0 bridgehead atoms. The van der Waals surface area contributed by atoms with Crippen molar-refractivity contribution in [2.45, 2.75) is 6.92 Å². The van der Waals surface area contributed by atoms with Gasteiger partial charge in [0.2, 0.25) is 5.78 Å². The molecule has 0 spiro atoms. The van der Waals surface area contributed by atoms with Crippen LogP contribution in [-0.4, -0.2) is 30.5 Å². The molecule has 8 heteroatoms. The van der Waals surface area contributed by atoms with Gasteiger partial charge in [0, 0.05) is 16.5 Å². The van der Waals surface area contributed by atoms with Crippen molar-refractivity contribution in [3.05, 3.63) is 95.8 Å². The minimum absolute atomic E-state index is 0.242. The van der Waals surface area contributed by atoms with E-state index in [-0.39, 0.29) is 17.4 Å². The molecule has 3 aromatic carbocycles. The molecule has 6 aromatic rings. The van der Waals surface area contributed by atoms with Crippen molar-refractivity contribution in [3.8, 4) is 16.8 Å². The van der Waals surface area contributed by atoms with Crippen LogP contribution in [0, 0.1) is 12.7 Å². The van der Waals surface area contributed by atoms with E-state index in [0.29, 0.717) is 16.8 Å². The monoisotopic (exact) mass is 450 g/mol. The van der Waals surface area contributed by atoms with E-state index in [2.05, 4.69) is 20.1 Å². The van der Waals surface area contributed by atoms with E-state index in [1.54, 1.807) is 24.3 Å². The van der Waals surface area contributed by atoms with Crippen LogP contribution < -0.4 is 5.73 Å². The number of hydrogen-bond acceptors (Lipinski definition) is 4. The first-order chi connectivity index (χ1) is 16.5. The molecule has 0 amide bonds. The molecule has 0 saturated heterocycles. The summed E-state index contributed by atoms with van der Waals surface area (Å²) in [6.45, 7) is 1.89. The lowest BCUT2D eigenvalue weighted by Crippen LogP contribution is -2.07. The summed E-state index contributed by atoms with van der Waals surface area (Å²) in [6.07, 6.45) is 1.47. The first-order valence-electron chi connectivity index (χ1n) is 10.7. The molecular weight excluding hydrogens is 431 g/mol. The summed E-state index contributed by atoms with van der Waals surface area (Å²) < 4.78 is 15.7. The third-order valence-electron chi connectivity index (χ3n) is 5.93. The quantitative estimate of drug-likeness (QED) is 0.323. The van der Waals surface area contributed by atoms with Gasteiger partial charge >= 0.3 is 0 Å². The van der Waals surface area contributed by atoms with E-state index in [1.807, 2.05) is 43.3 Å². The highest BCUT2D eigenvalue weighted by molar-refractivity contribution is 6.12. The number of carbonyl (C=O) groups excluding carboxylic acids is 1. The third kappa shape index (κ3) is 3.15. The average Bonchev–Trinajstić information content (AvgIpc) is 3.53. The van der Waals surface area contributed by atoms with Crippen molar-refractivity contribution in [2.24, 2.45) is 0 Å². The molecule has 0 radical (unpaired) electrons. The zero-order chi connectivity index (χ0) is 23.4. The number of fused-ring (bicyclic) bond motifs is 2. The van der Waals surface area contributed by atoms with Crippen LogP contribution >= 0.6 is 0 Å².